The Bertz CT molecular complexity index is 462. The summed E-state index contributed by atoms with van der Waals surface area (Å²) in [6, 6.07) is 5.28. The van der Waals surface area contributed by atoms with Crippen LogP contribution < -0.4 is 9.47 Å². The van der Waals surface area contributed by atoms with Crippen LogP contribution in [0, 0.1) is 0 Å². The van der Waals surface area contributed by atoms with Crippen molar-refractivity contribution in [2.24, 2.45) is 0 Å². The zero-order valence-corrected chi connectivity index (χ0v) is 9.54. The first-order valence-electron chi connectivity index (χ1n) is 5.02. The van der Waals surface area contributed by atoms with Crippen LogP contribution in [0.4, 0.5) is 0 Å². The van der Waals surface area contributed by atoms with Gasteiger partial charge in [-0.2, -0.15) is 5.10 Å². The Morgan fingerprint density at radius 3 is 2.35 bits per heavy atom. The number of methoxy groups -OCH3 is 2. The molecule has 0 saturated carbocycles. The van der Waals surface area contributed by atoms with Gasteiger partial charge in [-0.1, -0.05) is 6.07 Å². The Morgan fingerprint density at radius 2 is 1.88 bits per heavy atom. The van der Waals surface area contributed by atoms with Crippen molar-refractivity contribution in [3.05, 3.63) is 35.9 Å². The molecule has 1 aromatic heterocycles. The molecular weight excluding hydrogens is 222 g/mol. The molecule has 1 heterocycles. The smallest absolute Gasteiger partial charge is 0.158 e. The lowest BCUT2D eigenvalue weighted by Gasteiger charge is -2.16. The summed E-state index contributed by atoms with van der Waals surface area (Å²) in [5, 5.41) is 16.5. The highest BCUT2D eigenvalue weighted by Crippen LogP contribution is 2.35. The van der Waals surface area contributed by atoms with Crippen molar-refractivity contribution in [1.29, 1.82) is 0 Å². The standard InChI is InChI=1S/C11H13N3O3/c1-16-7-4-3-5-8(17-2)9(7)10(15)11-12-6-13-14-11/h3-6,10,15H,1-2H3,(H,12,13,14). The first-order chi connectivity index (χ1) is 8.27. The van der Waals surface area contributed by atoms with E-state index in [1.165, 1.54) is 20.5 Å². The van der Waals surface area contributed by atoms with Gasteiger partial charge >= 0.3 is 0 Å². The molecule has 2 N–H and O–H groups in total. The summed E-state index contributed by atoms with van der Waals surface area (Å²) >= 11 is 0. The number of nitrogens with zero attached hydrogens (tertiary/aromatic N) is 2. The minimum atomic E-state index is -0.969. The zero-order chi connectivity index (χ0) is 12.3. The van der Waals surface area contributed by atoms with Gasteiger partial charge in [-0.3, -0.25) is 5.10 Å². The van der Waals surface area contributed by atoms with Gasteiger partial charge in [0.2, 0.25) is 0 Å². The van der Waals surface area contributed by atoms with Crippen LogP contribution in [0.3, 0.4) is 0 Å². The molecule has 2 rings (SSSR count). The van der Waals surface area contributed by atoms with E-state index < -0.39 is 6.10 Å². The fourth-order valence-electron chi connectivity index (χ4n) is 1.63. The molecule has 0 aliphatic carbocycles. The van der Waals surface area contributed by atoms with Gasteiger partial charge in [0.1, 0.15) is 23.9 Å². The third kappa shape index (κ3) is 2.07. The molecule has 0 saturated heterocycles. The number of aromatic nitrogens is 3. The fourth-order valence-corrected chi connectivity index (χ4v) is 1.63. The van der Waals surface area contributed by atoms with E-state index in [1.807, 2.05) is 0 Å². The predicted octanol–water partition coefficient (Wildman–Crippen LogP) is 0.904. The van der Waals surface area contributed by atoms with Gasteiger partial charge in [0, 0.05) is 0 Å². The van der Waals surface area contributed by atoms with E-state index in [-0.39, 0.29) is 0 Å². The van der Waals surface area contributed by atoms with Gasteiger partial charge in [0.25, 0.3) is 0 Å². The number of rotatable bonds is 4. The molecule has 0 aliphatic heterocycles. The van der Waals surface area contributed by atoms with E-state index >= 15 is 0 Å². The quantitative estimate of drug-likeness (QED) is 0.823. The van der Waals surface area contributed by atoms with E-state index in [9.17, 15) is 5.11 Å². The maximum Gasteiger partial charge on any atom is 0.158 e. The second-order valence-corrected chi connectivity index (χ2v) is 3.35. The van der Waals surface area contributed by atoms with Gasteiger partial charge in [-0.15, -0.1) is 0 Å². The van der Waals surface area contributed by atoms with Gasteiger partial charge in [-0.25, -0.2) is 4.98 Å². The highest BCUT2D eigenvalue weighted by Gasteiger charge is 2.22. The molecule has 0 aliphatic rings. The average molecular weight is 235 g/mol. The SMILES string of the molecule is COc1cccc(OC)c1C(O)c1ncn[nH]1. The monoisotopic (exact) mass is 235 g/mol. The van der Waals surface area contributed by atoms with Crippen LogP contribution in [0.2, 0.25) is 0 Å². The molecule has 0 bridgehead atoms. The normalized spacial score (nSPS) is 12.2. The first-order valence-corrected chi connectivity index (χ1v) is 5.02. The summed E-state index contributed by atoms with van der Waals surface area (Å²) in [4.78, 5) is 3.92. The van der Waals surface area contributed by atoms with Crippen molar-refractivity contribution in [3.8, 4) is 11.5 Å². The summed E-state index contributed by atoms with van der Waals surface area (Å²) in [5.74, 6) is 1.41. The predicted molar refractivity (Wildman–Crippen MR) is 60.0 cm³/mol. The van der Waals surface area contributed by atoms with E-state index in [0.717, 1.165) is 0 Å². The zero-order valence-electron chi connectivity index (χ0n) is 9.54. The van der Waals surface area contributed by atoms with Crippen LogP contribution in [-0.4, -0.2) is 34.5 Å². The van der Waals surface area contributed by atoms with Crippen LogP contribution in [0.5, 0.6) is 11.5 Å². The third-order valence-corrected chi connectivity index (χ3v) is 2.43. The number of hydrogen-bond donors (Lipinski definition) is 2. The molecular formula is C11H13N3O3. The van der Waals surface area contributed by atoms with E-state index in [1.54, 1.807) is 18.2 Å². The second kappa shape index (κ2) is 4.84. The van der Waals surface area contributed by atoms with Crippen LogP contribution in [0.25, 0.3) is 0 Å². The number of H-pyrrole nitrogens is 1. The Hall–Kier alpha value is -2.08. The highest BCUT2D eigenvalue weighted by molar-refractivity contribution is 5.48. The minimum Gasteiger partial charge on any atom is -0.496 e. The van der Waals surface area contributed by atoms with Crippen LogP contribution >= 0.6 is 0 Å². The van der Waals surface area contributed by atoms with Crippen molar-refractivity contribution in [3.63, 3.8) is 0 Å². The maximum absolute atomic E-state index is 10.2. The molecule has 1 aromatic carbocycles. The number of benzene rings is 1. The molecule has 1 unspecified atom stereocenters. The van der Waals surface area contributed by atoms with Crippen molar-refractivity contribution in [2.45, 2.75) is 6.10 Å². The summed E-state index contributed by atoms with van der Waals surface area (Å²) in [6.07, 6.45) is 0.365. The molecule has 1 atom stereocenters. The molecule has 0 spiro atoms. The average Bonchev–Trinajstić information content (AvgIpc) is 2.90. The minimum absolute atomic E-state index is 0.341. The van der Waals surface area contributed by atoms with Crippen LogP contribution in [0.1, 0.15) is 17.5 Å². The molecule has 90 valence electrons. The van der Waals surface area contributed by atoms with E-state index in [0.29, 0.717) is 22.9 Å². The lowest BCUT2D eigenvalue weighted by atomic mass is 10.1. The number of aromatic amines is 1. The van der Waals surface area contributed by atoms with Crippen molar-refractivity contribution < 1.29 is 14.6 Å². The van der Waals surface area contributed by atoms with Crippen LogP contribution in [0.15, 0.2) is 24.5 Å². The Labute approximate surface area is 98.2 Å². The summed E-state index contributed by atoms with van der Waals surface area (Å²) in [5.41, 5.74) is 0.522. The second-order valence-electron chi connectivity index (χ2n) is 3.35. The summed E-state index contributed by atoms with van der Waals surface area (Å²) in [7, 11) is 3.07. The molecule has 17 heavy (non-hydrogen) atoms. The molecule has 0 radical (unpaired) electrons. The molecule has 0 amide bonds. The van der Waals surface area contributed by atoms with Crippen LogP contribution in [-0.2, 0) is 0 Å². The lowest BCUT2D eigenvalue weighted by molar-refractivity contribution is 0.199. The maximum atomic E-state index is 10.2. The van der Waals surface area contributed by atoms with Crippen molar-refractivity contribution >= 4 is 0 Å². The topological polar surface area (TPSA) is 80.3 Å². The largest absolute Gasteiger partial charge is 0.496 e. The lowest BCUT2D eigenvalue weighted by Crippen LogP contribution is -2.06. The van der Waals surface area contributed by atoms with E-state index in [2.05, 4.69) is 15.2 Å². The number of aliphatic hydroxyl groups excluding tert-OH is 1. The van der Waals surface area contributed by atoms with Crippen molar-refractivity contribution in [1.82, 2.24) is 15.2 Å². The molecule has 6 heteroatoms. The number of nitrogens with one attached hydrogen (secondary N) is 1. The highest BCUT2D eigenvalue weighted by atomic mass is 16.5. The Kier molecular flexibility index (Phi) is 3.24. The van der Waals surface area contributed by atoms with E-state index in [4.69, 9.17) is 9.47 Å². The van der Waals surface area contributed by atoms with Gasteiger partial charge in [0.15, 0.2) is 5.82 Å². The molecule has 2 aromatic rings. The Morgan fingerprint density at radius 1 is 1.24 bits per heavy atom. The number of hydrogen-bond acceptors (Lipinski definition) is 5. The number of ether oxygens (including phenoxy) is 2. The molecule has 0 fully saturated rings. The molecule has 6 nitrogen and oxygen atoms in total. The third-order valence-electron chi connectivity index (χ3n) is 2.43. The Balaban J connectivity index is 2.49. The van der Waals surface area contributed by atoms with Gasteiger partial charge in [0.05, 0.1) is 19.8 Å². The fraction of sp³-hybridized carbons (Fsp3) is 0.273. The first kappa shape index (κ1) is 11.4. The summed E-state index contributed by atoms with van der Waals surface area (Å²) < 4.78 is 10.4. The van der Waals surface area contributed by atoms with Gasteiger partial charge in [-0.05, 0) is 12.1 Å². The number of aliphatic hydroxyl groups is 1. The summed E-state index contributed by atoms with van der Waals surface area (Å²) in [6.45, 7) is 0. The van der Waals surface area contributed by atoms with Crippen molar-refractivity contribution in [2.75, 3.05) is 14.2 Å². The van der Waals surface area contributed by atoms with Gasteiger partial charge < -0.3 is 14.6 Å².